The predicted octanol–water partition coefficient (Wildman–Crippen LogP) is 2.65. The average molecular weight is 303 g/mol. The number of hydrogen-bond acceptors (Lipinski definition) is 3. The van der Waals surface area contributed by atoms with Crippen molar-refractivity contribution in [3.05, 3.63) is 35.9 Å². The summed E-state index contributed by atoms with van der Waals surface area (Å²) in [6.45, 7) is 5.19. The maximum Gasteiger partial charge on any atom is 0.256 e. The summed E-state index contributed by atoms with van der Waals surface area (Å²) < 4.78 is 11.3. The molecule has 120 valence electrons. The number of carbonyl (C=O) groups excluding carboxylic acids is 1. The molecule has 2 aliphatic rings. The molecule has 1 aliphatic carbocycles. The molecule has 22 heavy (non-hydrogen) atoms. The lowest BCUT2D eigenvalue weighted by Gasteiger charge is -2.58. The Balaban J connectivity index is 1.79. The van der Waals surface area contributed by atoms with Gasteiger partial charge < -0.3 is 14.4 Å². The van der Waals surface area contributed by atoms with Gasteiger partial charge in [-0.3, -0.25) is 4.79 Å². The van der Waals surface area contributed by atoms with Gasteiger partial charge >= 0.3 is 0 Å². The van der Waals surface area contributed by atoms with Gasteiger partial charge in [0.05, 0.1) is 6.10 Å². The highest BCUT2D eigenvalue weighted by molar-refractivity contribution is 5.82. The van der Waals surface area contributed by atoms with Crippen LogP contribution in [0.2, 0.25) is 0 Å². The number of methoxy groups -OCH3 is 1. The van der Waals surface area contributed by atoms with Gasteiger partial charge in [-0.25, -0.2) is 0 Å². The predicted molar refractivity (Wildman–Crippen MR) is 84.4 cm³/mol. The van der Waals surface area contributed by atoms with Crippen molar-refractivity contribution >= 4 is 5.91 Å². The number of fused-ring (bicyclic) bond motifs is 1. The molecule has 0 bridgehead atoms. The summed E-state index contributed by atoms with van der Waals surface area (Å²) in [6, 6.07) is 9.90. The van der Waals surface area contributed by atoms with Gasteiger partial charge in [0, 0.05) is 38.1 Å². The van der Waals surface area contributed by atoms with Crippen molar-refractivity contribution in [1.82, 2.24) is 4.90 Å². The zero-order chi connectivity index (χ0) is 15.9. The Kier molecular flexibility index (Phi) is 4.00. The van der Waals surface area contributed by atoms with Gasteiger partial charge in [-0.15, -0.1) is 0 Å². The fraction of sp³-hybridized carbons (Fsp3) is 0.611. The number of ether oxygens (including phenoxy) is 2. The second-order valence-corrected chi connectivity index (χ2v) is 6.99. The van der Waals surface area contributed by atoms with Crippen LogP contribution in [0.25, 0.3) is 0 Å². The first-order valence-corrected chi connectivity index (χ1v) is 7.94. The maximum atomic E-state index is 12.9. The van der Waals surface area contributed by atoms with Crippen molar-refractivity contribution in [1.29, 1.82) is 0 Å². The summed E-state index contributed by atoms with van der Waals surface area (Å²) in [5.74, 6) is 0.481. The highest BCUT2D eigenvalue weighted by Crippen LogP contribution is 2.54. The van der Waals surface area contributed by atoms with E-state index in [9.17, 15) is 4.79 Å². The molecule has 1 heterocycles. The number of amides is 1. The van der Waals surface area contributed by atoms with Crippen molar-refractivity contribution in [2.24, 2.45) is 11.3 Å². The zero-order valence-corrected chi connectivity index (χ0v) is 13.8. The fourth-order valence-electron chi connectivity index (χ4n) is 4.41. The van der Waals surface area contributed by atoms with Crippen molar-refractivity contribution < 1.29 is 14.3 Å². The Morgan fingerprint density at radius 3 is 2.68 bits per heavy atom. The van der Waals surface area contributed by atoms with Gasteiger partial charge in [-0.2, -0.15) is 0 Å². The Morgan fingerprint density at radius 1 is 1.36 bits per heavy atom. The van der Waals surface area contributed by atoms with Crippen LogP contribution < -0.4 is 0 Å². The second kappa shape index (κ2) is 5.67. The molecule has 0 radical (unpaired) electrons. The first kappa shape index (κ1) is 15.5. The van der Waals surface area contributed by atoms with Gasteiger partial charge in [-0.1, -0.05) is 44.2 Å². The van der Waals surface area contributed by atoms with Gasteiger partial charge in [0.1, 0.15) is 0 Å². The number of benzene rings is 1. The Hall–Kier alpha value is -1.39. The van der Waals surface area contributed by atoms with Crippen LogP contribution in [0, 0.1) is 11.3 Å². The van der Waals surface area contributed by atoms with Crippen molar-refractivity contribution in [2.75, 3.05) is 20.8 Å². The highest BCUT2D eigenvalue weighted by Gasteiger charge is 2.61. The molecule has 1 aromatic rings. The van der Waals surface area contributed by atoms with E-state index in [0.29, 0.717) is 5.92 Å². The van der Waals surface area contributed by atoms with Crippen LogP contribution in [0.5, 0.6) is 0 Å². The Bertz CT molecular complexity index is 543. The summed E-state index contributed by atoms with van der Waals surface area (Å²) in [6.07, 6.45) is 0.785. The number of hydrogen-bond donors (Lipinski definition) is 0. The van der Waals surface area contributed by atoms with E-state index in [-0.39, 0.29) is 23.5 Å². The lowest BCUT2D eigenvalue weighted by Crippen LogP contribution is -2.67. The van der Waals surface area contributed by atoms with E-state index in [4.69, 9.17) is 9.47 Å². The molecule has 4 heteroatoms. The highest BCUT2D eigenvalue weighted by atomic mass is 16.5. The maximum absolute atomic E-state index is 12.9. The molecule has 1 saturated carbocycles. The Morgan fingerprint density at radius 2 is 2.05 bits per heavy atom. The van der Waals surface area contributed by atoms with E-state index in [0.717, 1.165) is 18.6 Å². The van der Waals surface area contributed by atoms with Crippen molar-refractivity contribution in [3.8, 4) is 0 Å². The smallest absolute Gasteiger partial charge is 0.256 e. The summed E-state index contributed by atoms with van der Waals surface area (Å²) in [4.78, 5) is 14.8. The van der Waals surface area contributed by atoms with E-state index in [1.54, 1.807) is 7.11 Å². The molecule has 1 saturated heterocycles. The van der Waals surface area contributed by atoms with Crippen molar-refractivity contribution in [2.45, 2.75) is 38.5 Å². The first-order valence-electron chi connectivity index (χ1n) is 7.94. The molecule has 1 aliphatic heterocycles. The summed E-state index contributed by atoms with van der Waals surface area (Å²) in [5, 5.41) is 0. The molecule has 3 rings (SSSR count). The van der Waals surface area contributed by atoms with Crippen LogP contribution in [0.3, 0.4) is 0 Å². The van der Waals surface area contributed by atoms with E-state index < -0.39 is 6.10 Å². The number of nitrogens with zero attached hydrogens (tertiary/aromatic N) is 1. The first-order chi connectivity index (χ1) is 10.5. The molecular weight excluding hydrogens is 278 g/mol. The van der Waals surface area contributed by atoms with Crippen LogP contribution in [-0.4, -0.2) is 43.7 Å². The summed E-state index contributed by atoms with van der Waals surface area (Å²) in [5.41, 5.74) is 0.902. The fourth-order valence-corrected chi connectivity index (χ4v) is 4.41. The van der Waals surface area contributed by atoms with Crippen LogP contribution in [0.1, 0.15) is 31.9 Å². The third-order valence-electron chi connectivity index (χ3n) is 5.37. The van der Waals surface area contributed by atoms with Crippen LogP contribution in [-0.2, 0) is 14.3 Å². The normalized spacial score (nSPS) is 30.3. The minimum Gasteiger partial charge on any atom is -0.377 e. The zero-order valence-electron chi connectivity index (χ0n) is 13.8. The number of carbonyl (C=O) groups is 1. The van der Waals surface area contributed by atoms with Gasteiger partial charge in [0.15, 0.2) is 6.10 Å². The lowest BCUT2D eigenvalue weighted by atomic mass is 9.56. The van der Waals surface area contributed by atoms with Crippen LogP contribution in [0.15, 0.2) is 30.3 Å². The third kappa shape index (κ3) is 2.25. The van der Waals surface area contributed by atoms with E-state index in [2.05, 4.69) is 13.8 Å². The molecule has 1 amide bonds. The van der Waals surface area contributed by atoms with E-state index in [1.165, 1.54) is 0 Å². The minimum absolute atomic E-state index is 0.000552. The molecule has 0 unspecified atom stereocenters. The summed E-state index contributed by atoms with van der Waals surface area (Å²) >= 11 is 0. The lowest BCUT2D eigenvalue weighted by molar-refractivity contribution is -0.174. The van der Waals surface area contributed by atoms with Gasteiger partial charge in [0.25, 0.3) is 5.91 Å². The van der Waals surface area contributed by atoms with Crippen LogP contribution >= 0.6 is 0 Å². The summed E-state index contributed by atoms with van der Waals surface area (Å²) in [7, 11) is 3.50. The average Bonchev–Trinajstić information content (AvgIpc) is 2.95. The number of likely N-dealkylation sites (N-methyl/N-ethyl adjacent to an activating group) is 1. The third-order valence-corrected chi connectivity index (χ3v) is 5.37. The molecule has 0 N–H and O–H groups in total. The monoisotopic (exact) mass is 303 g/mol. The van der Waals surface area contributed by atoms with Crippen LogP contribution in [0.4, 0.5) is 0 Å². The number of rotatable bonds is 4. The SMILES string of the molecule is CO[C@H](C(=O)N(C)[C@@H]1[C@@H]2CCO[C@@H]2C1(C)C)c1ccccc1. The van der Waals surface area contributed by atoms with Gasteiger partial charge in [-0.05, 0) is 12.0 Å². The quantitative estimate of drug-likeness (QED) is 0.858. The molecule has 2 fully saturated rings. The van der Waals surface area contributed by atoms with Gasteiger partial charge in [0.2, 0.25) is 0 Å². The molecule has 0 aromatic heterocycles. The second-order valence-electron chi connectivity index (χ2n) is 6.99. The molecule has 4 atom stereocenters. The molecule has 1 aromatic carbocycles. The minimum atomic E-state index is -0.539. The molecular formula is C18H25NO3. The largest absolute Gasteiger partial charge is 0.377 e. The standard InChI is InChI=1S/C18H25NO3/c1-18(2)15(13-10-11-22-16(13)18)19(3)17(20)14(21-4)12-8-6-5-7-9-12/h5-9,13-16H,10-11H2,1-4H3/t13-,14-,15+,16-/m0/s1. The van der Waals surface area contributed by atoms with E-state index >= 15 is 0 Å². The molecule has 4 nitrogen and oxygen atoms in total. The van der Waals surface area contributed by atoms with Crippen molar-refractivity contribution in [3.63, 3.8) is 0 Å². The topological polar surface area (TPSA) is 38.8 Å². The Labute approximate surface area is 132 Å². The van der Waals surface area contributed by atoms with E-state index in [1.807, 2.05) is 42.3 Å². The molecule has 0 spiro atoms.